The van der Waals surface area contributed by atoms with Gasteiger partial charge < -0.3 is 14.2 Å². The van der Waals surface area contributed by atoms with Gasteiger partial charge in [-0.15, -0.1) is 0 Å². The van der Waals surface area contributed by atoms with Crippen LogP contribution in [0.4, 0.5) is 0 Å². The summed E-state index contributed by atoms with van der Waals surface area (Å²) in [5.41, 5.74) is -0.721. The van der Waals surface area contributed by atoms with Crippen LogP contribution in [-0.4, -0.2) is 42.7 Å². The minimum atomic E-state index is -1.53. The molecule has 0 spiro atoms. The number of carbonyl (C=O) groups excluding carboxylic acids is 2. The van der Waals surface area contributed by atoms with E-state index in [0.717, 1.165) is 0 Å². The highest BCUT2D eigenvalue weighted by atomic mass is 16.6. The van der Waals surface area contributed by atoms with Crippen LogP contribution in [-0.2, 0) is 19.1 Å². The van der Waals surface area contributed by atoms with Gasteiger partial charge in [0.25, 0.3) is 0 Å². The predicted molar refractivity (Wildman–Crippen MR) is 105 cm³/mol. The number of hydrogen-bond acceptors (Lipinski definition) is 7. The lowest BCUT2D eigenvalue weighted by atomic mass is 9.76. The van der Waals surface area contributed by atoms with Crippen molar-refractivity contribution in [1.82, 2.24) is 0 Å². The number of nitro groups is 1. The SMILES string of the molecule is CCOC(=O)/C=C/C[C@]1([N+](=O)[O-])CC=C(C(=O)OCC)[C@H]1c1cccc(OC)c1. The summed E-state index contributed by atoms with van der Waals surface area (Å²) in [5.74, 6) is -1.48. The van der Waals surface area contributed by atoms with Crippen LogP contribution in [0.2, 0.25) is 0 Å². The van der Waals surface area contributed by atoms with Gasteiger partial charge in [0.2, 0.25) is 5.54 Å². The van der Waals surface area contributed by atoms with Crippen molar-refractivity contribution >= 4 is 11.9 Å². The second-order valence-corrected chi connectivity index (χ2v) is 6.51. The highest BCUT2D eigenvalue weighted by molar-refractivity contribution is 5.91. The molecule has 0 radical (unpaired) electrons. The van der Waals surface area contributed by atoms with Gasteiger partial charge in [-0.2, -0.15) is 0 Å². The zero-order valence-electron chi connectivity index (χ0n) is 16.8. The van der Waals surface area contributed by atoms with E-state index in [1.54, 1.807) is 44.2 Å². The third kappa shape index (κ3) is 4.82. The van der Waals surface area contributed by atoms with Crippen molar-refractivity contribution in [3.63, 3.8) is 0 Å². The third-order valence-electron chi connectivity index (χ3n) is 4.84. The molecule has 0 N–H and O–H groups in total. The molecular weight excluding hydrogens is 378 g/mol. The van der Waals surface area contributed by atoms with Crippen molar-refractivity contribution < 1.29 is 28.7 Å². The van der Waals surface area contributed by atoms with Gasteiger partial charge in [0.1, 0.15) is 5.75 Å². The van der Waals surface area contributed by atoms with Crippen LogP contribution in [0.15, 0.2) is 48.1 Å². The van der Waals surface area contributed by atoms with Crippen molar-refractivity contribution in [1.29, 1.82) is 0 Å². The Labute approximate surface area is 169 Å². The summed E-state index contributed by atoms with van der Waals surface area (Å²) in [6, 6.07) is 6.84. The molecule has 0 saturated heterocycles. The number of hydrogen-bond donors (Lipinski definition) is 0. The monoisotopic (exact) mass is 403 g/mol. The Hall–Kier alpha value is -3.16. The van der Waals surface area contributed by atoms with Crippen LogP contribution in [0.3, 0.4) is 0 Å². The summed E-state index contributed by atoms with van der Waals surface area (Å²) < 4.78 is 15.2. The number of methoxy groups -OCH3 is 1. The zero-order chi connectivity index (χ0) is 21.4. The van der Waals surface area contributed by atoms with Crippen LogP contribution >= 0.6 is 0 Å². The van der Waals surface area contributed by atoms with Crippen molar-refractivity contribution in [2.24, 2.45) is 0 Å². The molecule has 8 heteroatoms. The maximum Gasteiger partial charge on any atom is 0.334 e. The highest BCUT2D eigenvalue weighted by Crippen LogP contribution is 2.48. The summed E-state index contributed by atoms with van der Waals surface area (Å²) in [4.78, 5) is 36.0. The lowest BCUT2D eigenvalue weighted by molar-refractivity contribution is -0.570. The fourth-order valence-corrected chi connectivity index (χ4v) is 3.54. The zero-order valence-corrected chi connectivity index (χ0v) is 16.8. The Kier molecular flexibility index (Phi) is 7.52. The average molecular weight is 403 g/mol. The first-order valence-electron chi connectivity index (χ1n) is 9.38. The largest absolute Gasteiger partial charge is 0.497 e. The molecular formula is C21H25NO7. The van der Waals surface area contributed by atoms with Gasteiger partial charge in [-0.1, -0.05) is 24.3 Å². The van der Waals surface area contributed by atoms with Crippen molar-refractivity contribution in [3.8, 4) is 5.75 Å². The third-order valence-corrected chi connectivity index (χ3v) is 4.84. The molecule has 0 bridgehead atoms. The summed E-state index contributed by atoms with van der Waals surface area (Å²) in [7, 11) is 1.50. The van der Waals surface area contributed by atoms with E-state index >= 15 is 0 Å². The minimum Gasteiger partial charge on any atom is -0.497 e. The second kappa shape index (κ2) is 9.86. The van der Waals surface area contributed by atoms with Crippen LogP contribution in [0.5, 0.6) is 5.75 Å². The fraction of sp³-hybridized carbons (Fsp3) is 0.429. The van der Waals surface area contributed by atoms with Gasteiger partial charge in [0.05, 0.1) is 26.2 Å². The second-order valence-electron chi connectivity index (χ2n) is 6.51. The van der Waals surface area contributed by atoms with Crippen molar-refractivity contribution in [2.45, 2.75) is 38.1 Å². The first kappa shape index (κ1) is 22.1. The van der Waals surface area contributed by atoms with Gasteiger partial charge in [-0.3, -0.25) is 10.1 Å². The van der Waals surface area contributed by atoms with Crippen LogP contribution in [0.25, 0.3) is 0 Å². The topological polar surface area (TPSA) is 105 Å². The Morgan fingerprint density at radius 3 is 2.62 bits per heavy atom. The lowest BCUT2D eigenvalue weighted by Crippen LogP contribution is -2.42. The van der Waals surface area contributed by atoms with Gasteiger partial charge in [0.15, 0.2) is 0 Å². The molecule has 2 rings (SSSR count). The number of nitrogens with zero attached hydrogens (tertiary/aromatic N) is 1. The molecule has 1 aliphatic carbocycles. The van der Waals surface area contributed by atoms with Crippen LogP contribution in [0.1, 0.15) is 38.2 Å². The Bertz CT molecular complexity index is 830. The summed E-state index contributed by atoms with van der Waals surface area (Å²) in [6.45, 7) is 3.73. The smallest absolute Gasteiger partial charge is 0.334 e. The Morgan fingerprint density at radius 1 is 1.28 bits per heavy atom. The number of benzene rings is 1. The predicted octanol–water partition coefficient (Wildman–Crippen LogP) is 3.20. The number of rotatable bonds is 9. The summed E-state index contributed by atoms with van der Waals surface area (Å²) in [5, 5.41) is 12.2. The molecule has 0 unspecified atom stereocenters. The molecule has 0 amide bonds. The minimum absolute atomic E-state index is 0.0309. The van der Waals surface area contributed by atoms with E-state index in [-0.39, 0.29) is 36.6 Å². The molecule has 1 aromatic carbocycles. The first-order valence-corrected chi connectivity index (χ1v) is 9.38. The van der Waals surface area contributed by atoms with Crippen molar-refractivity contribution in [2.75, 3.05) is 20.3 Å². The molecule has 0 heterocycles. The fourth-order valence-electron chi connectivity index (χ4n) is 3.54. The number of ether oxygens (including phenoxy) is 3. The Morgan fingerprint density at radius 2 is 2.00 bits per heavy atom. The highest BCUT2D eigenvalue weighted by Gasteiger charge is 2.56. The first-order chi connectivity index (χ1) is 13.9. The molecule has 1 aromatic rings. The van der Waals surface area contributed by atoms with E-state index in [2.05, 4.69) is 0 Å². The van der Waals surface area contributed by atoms with Crippen LogP contribution in [0, 0.1) is 10.1 Å². The quantitative estimate of drug-likeness (QED) is 0.270. The molecule has 2 atom stereocenters. The molecule has 156 valence electrons. The maximum absolute atomic E-state index is 12.5. The number of carbonyl (C=O) groups is 2. The molecule has 1 aliphatic rings. The van der Waals surface area contributed by atoms with Crippen LogP contribution < -0.4 is 4.74 Å². The van der Waals surface area contributed by atoms with E-state index in [9.17, 15) is 19.7 Å². The molecule has 29 heavy (non-hydrogen) atoms. The Balaban J connectivity index is 2.48. The van der Waals surface area contributed by atoms with Gasteiger partial charge >= 0.3 is 11.9 Å². The van der Waals surface area contributed by atoms with E-state index in [0.29, 0.717) is 11.3 Å². The van der Waals surface area contributed by atoms with Gasteiger partial charge in [0, 0.05) is 29.4 Å². The molecule has 8 nitrogen and oxygen atoms in total. The summed E-state index contributed by atoms with van der Waals surface area (Å²) >= 11 is 0. The summed E-state index contributed by atoms with van der Waals surface area (Å²) in [6.07, 6.45) is 4.14. The lowest BCUT2D eigenvalue weighted by Gasteiger charge is -2.28. The molecule has 0 saturated carbocycles. The van der Waals surface area contributed by atoms with Gasteiger partial charge in [-0.05, 0) is 31.5 Å². The van der Waals surface area contributed by atoms with E-state index in [1.165, 1.54) is 19.3 Å². The molecule has 0 fully saturated rings. The molecule has 0 aliphatic heterocycles. The van der Waals surface area contributed by atoms with Gasteiger partial charge in [-0.25, -0.2) is 9.59 Å². The number of esters is 2. The van der Waals surface area contributed by atoms with E-state index < -0.39 is 23.4 Å². The van der Waals surface area contributed by atoms with E-state index in [4.69, 9.17) is 14.2 Å². The average Bonchev–Trinajstić information content (AvgIpc) is 3.09. The van der Waals surface area contributed by atoms with E-state index in [1.807, 2.05) is 0 Å². The van der Waals surface area contributed by atoms with Crippen molar-refractivity contribution in [3.05, 3.63) is 63.7 Å². The normalized spacial score (nSPS) is 20.9. The standard InChI is InChI=1S/C21H25NO7/c1-4-28-18(23)10-7-12-21(22(25)26)13-11-17(20(24)29-5-2)19(21)15-8-6-9-16(14-15)27-3/h6-11,14,19H,4-5,12-13H2,1-3H3/b10-7+/t19-,21+/m1/s1. The molecule has 0 aromatic heterocycles. The maximum atomic E-state index is 12.5.